The Morgan fingerprint density at radius 2 is 1.50 bits per heavy atom. The minimum atomic E-state index is -1.96. The van der Waals surface area contributed by atoms with Crippen LogP contribution in [0.3, 0.4) is 0 Å². The molecular weight excluding hydrogens is 228 g/mol. The summed E-state index contributed by atoms with van der Waals surface area (Å²) in [5, 5.41) is 8.66. The van der Waals surface area contributed by atoms with Gasteiger partial charge in [0.05, 0.1) is 5.56 Å². The maximum atomic E-state index is 13.1. The highest BCUT2D eigenvalue weighted by molar-refractivity contribution is 5.96. The third kappa shape index (κ3) is 1.87. The van der Waals surface area contributed by atoms with Crippen LogP contribution in [0.1, 0.15) is 30.1 Å². The van der Waals surface area contributed by atoms with E-state index < -0.39 is 40.4 Å². The van der Waals surface area contributed by atoms with Gasteiger partial charge in [-0.15, -0.1) is 0 Å². The van der Waals surface area contributed by atoms with Gasteiger partial charge < -0.3 is 5.11 Å². The Kier molecular flexibility index (Phi) is 3.51. The second-order valence-corrected chi connectivity index (χ2v) is 3.15. The lowest BCUT2D eigenvalue weighted by molar-refractivity contribution is 0.0970. The molecule has 1 rings (SSSR count). The van der Waals surface area contributed by atoms with E-state index in [0.717, 1.165) is 0 Å². The van der Waals surface area contributed by atoms with Crippen molar-refractivity contribution in [3.05, 3.63) is 28.8 Å². The molecule has 0 aromatic heterocycles. The van der Waals surface area contributed by atoms with E-state index in [4.69, 9.17) is 5.11 Å². The lowest BCUT2D eigenvalue weighted by atomic mass is 10.0. The molecule has 0 aliphatic heterocycles. The van der Waals surface area contributed by atoms with Gasteiger partial charge in [-0.25, -0.2) is 8.78 Å². The molecule has 0 fully saturated rings. The summed E-state index contributed by atoms with van der Waals surface area (Å²) in [5.41, 5.74) is -1.28. The van der Waals surface area contributed by atoms with E-state index in [0.29, 0.717) is 0 Å². The number of benzene rings is 1. The molecule has 0 heterocycles. The van der Waals surface area contributed by atoms with Gasteiger partial charge in [0.1, 0.15) is 0 Å². The fourth-order valence-corrected chi connectivity index (χ4v) is 1.22. The molecule has 0 spiro atoms. The Bertz CT molecular complexity index is 414. The predicted molar refractivity (Wildman–Crippen MR) is 47.2 cm³/mol. The van der Waals surface area contributed by atoms with Gasteiger partial charge >= 0.3 is 0 Å². The largest absolute Gasteiger partial charge is 0.503 e. The van der Waals surface area contributed by atoms with Crippen molar-refractivity contribution < 1.29 is 27.5 Å². The van der Waals surface area contributed by atoms with E-state index in [1.165, 1.54) is 0 Å². The van der Waals surface area contributed by atoms with E-state index in [1.807, 2.05) is 0 Å². The van der Waals surface area contributed by atoms with Gasteiger partial charge in [0.15, 0.2) is 23.2 Å². The number of hydrogen-bond acceptors (Lipinski definition) is 2. The first-order valence-corrected chi connectivity index (χ1v) is 4.49. The molecule has 0 saturated carbocycles. The number of Topliss-reactive ketones (excluding diaryl/α,β-unsaturated/α-hetero) is 1. The molecule has 0 saturated heterocycles. The van der Waals surface area contributed by atoms with Crippen LogP contribution in [0, 0.1) is 23.3 Å². The maximum Gasteiger partial charge on any atom is 0.204 e. The molecule has 0 aliphatic rings. The van der Waals surface area contributed by atoms with Crippen LogP contribution in [0.25, 0.3) is 0 Å². The second-order valence-electron chi connectivity index (χ2n) is 3.15. The van der Waals surface area contributed by atoms with Gasteiger partial charge in [-0.05, 0) is 6.42 Å². The number of aromatic hydroxyl groups is 1. The van der Waals surface area contributed by atoms with E-state index in [1.54, 1.807) is 6.92 Å². The van der Waals surface area contributed by atoms with E-state index in [-0.39, 0.29) is 12.8 Å². The molecule has 88 valence electrons. The van der Waals surface area contributed by atoms with Crippen molar-refractivity contribution >= 4 is 5.78 Å². The molecule has 6 heteroatoms. The fraction of sp³-hybridized carbons (Fsp3) is 0.300. The van der Waals surface area contributed by atoms with Crippen LogP contribution in [-0.2, 0) is 0 Å². The number of halogens is 4. The van der Waals surface area contributed by atoms with Crippen molar-refractivity contribution in [3.8, 4) is 5.75 Å². The molecule has 0 radical (unpaired) electrons. The lowest BCUT2D eigenvalue weighted by Gasteiger charge is -2.07. The van der Waals surface area contributed by atoms with Gasteiger partial charge in [-0.2, -0.15) is 8.78 Å². The second kappa shape index (κ2) is 4.51. The van der Waals surface area contributed by atoms with Crippen molar-refractivity contribution in [2.45, 2.75) is 19.8 Å². The summed E-state index contributed by atoms with van der Waals surface area (Å²) in [6.07, 6.45) is 0.0410. The SMILES string of the molecule is CCCC(=O)c1c(F)c(F)c(O)c(F)c1F. The van der Waals surface area contributed by atoms with Crippen LogP contribution in [0.5, 0.6) is 5.75 Å². The third-order valence-corrected chi connectivity index (χ3v) is 2.00. The number of phenols is 1. The van der Waals surface area contributed by atoms with Crippen LogP contribution in [0.15, 0.2) is 0 Å². The van der Waals surface area contributed by atoms with E-state index in [2.05, 4.69) is 0 Å². The molecule has 0 amide bonds. The number of carbonyl (C=O) groups excluding carboxylic acids is 1. The highest BCUT2D eigenvalue weighted by Gasteiger charge is 2.28. The Morgan fingerprint density at radius 3 is 1.88 bits per heavy atom. The van der Waals surface area contributed by atoms with Gasteiger partial charge in [-0.1, -0.05) is 6.92 Å². The first-order chi connectivity index (χ1) is 7.41. The molecule has 0 atom stereocenters. The molecule has 0 bridgehead atoms. The summed E-state index contributed by atoms with van der Waals surface area (Å²) in [6, 6.07) is 0. The highest BCUT2D eigenvalue weighted by atomic mass is 19.2. The number of rotatable bonds is 3. The number of hydrogen-bond donors (Lipinski definition) is 1. The topological polar surface area (TPSA) is 37.3 Å². The number of phenolic OH excluding ortho intramolecular Hbond substituents is 1. The fourth-order valence-electron chi connectivity index (χ4n) is 1.22. The average Bonchev–Trinajstić information content (AvgIpc) is 2.24. The zero-order chi connectivity index (χ0) is 12.5. The minimum Gasteiger partial charge on any atom is -0.503 e. The summed E-state index contributed by atoms with van der Waals surface area (Å²) in [4.78, 5) is 11.2. The first-order valence-electron chi connectivity index (χ1n) is 4.49. The van der Waals surface area contributed by atoms with E-state index in [9.17, 15) is 22.4 Å². The Labute approximate surface area is 88.5 Å². The molecule has 0 unspecified atom stereocenters. The van der Waals surface area contributed by atoms with Gasteiger partial charge in [-0.3, -0.25) is 4.79 Å². The molecule has 1 N–H and O–H groups in total. The summed E-state index contributed by atoms with van der Waals surface area (Å²) in [6.45, 7) is 1.57. The Balaban J connectivity index is 3.45. The Hall–Kier alpha value is -1.59. The first kappa shape index (κ1) is 12.5. The Morgan fingerprint density at radius 1 is 1.06 bits per heavy atom. The maximum absolute atomic E-state index is 13.1. The molecule has 1 aromatic carbocycles. The number of carbonyl (C=O) groups is 1. The normalized spacial score (nSPS) is 10.6. The van der Waals surface area contributed by atoms with Crippen LogP contribution in [0.4, 0.5) is 17.6 Å². The standard InChI is InChI=1S/C10H8F4O2/c1-2-3-4(15)5-6(11)8(13)10(16)9(14)7(5)12/h16H,2-3H2,1H3. The number of ketones is 1. The summed E-state index contributed by atoms with van der Waals surface area (Å²) < 4.78 is 51.9. The lowest BCUT2D eigenvalue weighted by Crippen LogP contribution is -2.10. The van der Waals surface area contributed by atoms with Crippen LogP contribution < -0.4 is 0 Å². The predicted octanol–water partition coefficient (Wildman–Crippen LogP) is 2.93. The van der Waals surface area contributed by atoms with Crippen molar-refractivity contribution in [2.75, 3.05) is 0 Å². The minimum absolute atomic E-state index is 0.239. The van der Waals surface area contributed by atoms with Crippen LogP contribution >= 0.6 is 0 Å². The van der Waals surface area contributed by atoms with Gasteiger partial charge in [0.2, 0.25) is 11.6 Å². The molecule has 2 nitrogen and oxygen atoms in total. The summed E-state index contributed by atoms with van der Waals surface area (Å²) in [7, 11) is 0. The van der Waals surface area contributed by atoms with Gasteiger partial charge in [0, 0.05) is 6.42 Å². The molecule has 0 aliphatic carbocycles. The molecular formula is C10H8F4O2. The van der Waals surface area contributed by atoms with Crippen molar-refractivity contribution in [1.82, 2.24) is 0 Å². The summed E-state index contributed by atoms with van der Waals surface area (Å²) >= 11 is 0. The molecule has 1 aromatic rings. The van der Waals surface area contributed by atoms with Crippen LogP contribution in [-0.4, -0.2) is 10.9 Å². The average molecular weight is 236 g/mol. The van der Waals surface area contributed by atoms with Crippen molar-refractivity contribution in [3.63, 3.8) is 0 Å². The monoisotopic (exact) mass is 236 g/mol. The van der Waals surface area contributed by atoms with Crippen molar-refractivity contribution in [2.24, 2.45) is 0 Å². The van der Waals surface area contributed by atoms with Gasteiger partial charge in [0.25, 0.3) is 0 Å². The highest BCUT2D eigenvalue weighted by Crippen LogP contribution is 2.29. The zero-order valence-corrected chi connectivity index (χ0v) is 8.28. The van der Waals surface area contributed by atoms with Crippen molar-refractivity contribution in [1.29, 1.82) is 0 Å². The molecule has 16 heavy (non-hydrogen) atoms. The third-order valence-electron chi connectivity index (χ3n) is 2.00. The zero-order valence-electron chi connectivity index (χ0n) is 8.28. The van der Waals surface area contributed by atoms with E-state index >= 15 is 0 Å². The smallest absolute Gasteiger partial charge is 0.204 e. The van der Waals surface area contributed by atoms with Crippen LogP contribution in [0.2, 0.25) is 0 Å². The summed E-state index contributed by atoms with van der Waals surface area (Å²) in [5.74, 6) is -10.5. The quantitative estimate of drug-likeness (QED) is 0.497.